The normalized spacial score (nSPS) is 15.9. The van der Waals surface area contributed by atoms with Gasteiger partial charge in [-0.1, -0.05) is 43.7 Å². The number of benzene rings is 1. The van der Waals surface area contributed by atoms with Gasteiger partial charge < -0.3 is 0 Å². The van der Waals surface area contributed by atoms with Crippen LogP contribution in [0.4, 0.5) is 0 Å². The van der Waals surface area contributed by atoms with Crippen molar-refractivity contribution < 1.29 is 0 Å². The molecule has 0 aromatic heterocycles. The zero-order chi connectivity index (χ0) is 11.1. The Labute approximate surface area is 94.1 Å². The van der Waals surface area contributed by atoms with Gasteiger partial charge in [0.05, 0.1) is 0 Å². The van der Waals surface area contributed by atoms with Crippen LogP contribution in [0.3, 0.4) is 0 Å². The average molecular weight is 205 g/mol. The average Bonchev–Trinajstić information content (AvgIpc) is 2.74. The van der Waals surface area contributed by atoms with Crippen LogP contribution in [-0.4, -0.2) is 18.0 Å². The van der Waals surface area contributed by atoms with Crippen LogP contribution in [0.25, 0.3) is 0 Å². The van der Waals surface area contributed by atoms with Crippen molar-refractivity contribution in [3.63, 3.8) is 0 Å². The van der Waals surface area contributed by atoms with Crippen LogP contribution in [0.15, 0.2) is 24.3 Å². The summed E-state index contributed by atoms with van der Waals surface area (Å²) < 4.78 is 0. The third kappa shape index (κ3) is 4.05. The molecule has 0 saturated carbocycles. The van der Waals surface area contributed by atoms with Gasteiger partial charge in [-0.25, -0.2) is 0 Å². The van der Waals surface area contributed by atoms with Crippen LogP contribution in [0.2, 0.25) is 0 Å². The largest absolute Gasteiger partial charge is 0.299 e. The topological polar surface area (TPSA) is 3.24 Å². The molecular formula is C14H23N. The third-order valence-corrected chi connectivity index (χ3v) is 2.69. The fourth-order valence-corrected chi connectivity index (χ4v) is 2.01. The molecule has 15 heavy (non-hydrogen) atoms. The van der Waals surface area contributed by atoms with E-state index in [1.54, 1.807) is 0 Å². The molecule has 1 aliphatic rings. The molecule has 2 rings (SSSR count). The summed E-state index contributed by atoms with van der Waals surface area (Å²) >= 11 is 0. The van der Waals surface area contributed by atoms with Gasteiger partial charge in [-0.2, -0.15) is 0 Å². The Morgan fingerprint density at radius 3 is 2.40 bits per heavy atom. The summed E-state index contributed by atoms with van der Waals surface area (Å²) in [7, 11) is 0. The van der Waals surface area contributed by atoms with Gasteiger partial charge in [0.2, 0.25) is 0 Å². The van der Waals surface area contributed by atoms with Gasteiger partial charge in [-0.3, -0.25) is 4.90 Å². The van der Waals surface area contributed by atoms with Crippen molar-refractivity contribution >= 4 is 0 Å². The highest BCUT2D eigenvalue weighted by Crippen LogP contribution is 2.13. The maximum absolute atomic E-state index is 2.54. The number of nitrogens with zero attached hydrogens (tertiary/aromatic N) is 1. The van der Waals surface area contributed by atoms with Crippen molar-refractivity contribution in [2.75, 3.05) is 13.1 Å². The van der Waals surface area contributed by atoms with Gasteiger partial charge in [0.25, 0.3) is 0 Å². The zero-order valence-corrected chi connectivity index (χ0v) is 10.3. The Morgan fingerprint density at radius 2 is 1.80 bits per heavy atom. The first-order valence-electron chi connectivity index (χ1n) is 6.12. The quantitative estimate of drug-likeness (QED) is 0.713. The van der Waals surface area contributed by atoms with Gasteiger partial charge in [0.15, 0.2) is 0 Å². The van der Waals surface area contributed by atoms with Crippen LogP contribution in [0.1, 0.15) is 37.8 Å². The van der Waals surface area contributed by atoms with E-state index in [4.69, 9.17) is 0 Å². The Morgan fingerprint density at radius 1 is 1.13 bits per heavy atom. The monoisotopic (exact) mass is 205 g/mol. The zero-order valence-electron chi connectivity index (χ0n) is 10.3. The van der Waals surface area contributed by atoms with E-state index >= 15 is 0 Å². The second-order valence-corrected chi connectivity index (χ2v) is 3.97. The standard InChI is InChI=1S/C12H17N.C2H6/c1-11-5-4-6-12(9-11)10-13-7-2-3-8-13;1-2/h4-6,9H,2-3,7-8,10H2,1H3;1-2H3. The Kier molecular flexibility index (Phi) is 5.41. The van der Waals surface area contributed by atoms with E-state index in [2.05, 4.69) is 36.1 Å². The lowest BCUT2D eigenvalue weighted by atomic mass is 10.1. The molecule has 0 N–H and O–H groups in total. The molecule has 1 heterocycles. The summed E-state index contributed by atoms with van der Waals surface area (Å²) in [6.07, 6.45) is 2.76. The maximum Gasteiger partial charge on any atom is 0.0233 e. The lowest BCUT2D eigenvalue weighted by Gasteiger charge is -2.14. The summed E-state index contributed by atoms with van der Waals surface area (Å²) in [5.41, 5.74) is 2.83. The minimum absolute atomic E-state index is 1.14. The van der Waals surface area contributed by atoms with E-state index in [-0.39, 0.29) is 0 Å². The van der Waals surface area contributed by atoms with E-state index in [0.29, 0.717) is 0 Å². The summed E-state index contributed by atoms with van der Waals surface area (Å²) in [5.74, 6) is 0. The lowest BCUT2D eigenvalue weighted by Crippen LogP contribution is -2.18. The van der Waals surface area contributed by atoms with Gasteiger partial charge >= 0.3 is 0 Å². The first kappa shape index (κ1) is 12.3. The Balaban J connectivity index is 0.000000531. The van der Waals surface area contributed by atoms with Crippen molar-refractivity contribution in [3.8, 4) is 0 Å². The molecule has 0 aliphatic carbocycles. The van der Waals surface area contributed by atoms with Gasteiger partial charge in [-0.15, -0.1) is 0 Å². The molecule has 1 aromatic rings. The molecule has 1 heteroatoms. The second kappa shape index (κ2) is 6.62. The molecule has 0 amide bonds. The van der Waals surface area contributed by atoms with Crippen LogP contribution >= 0.6 is 0 Å². The minimum Gasteiger partial charge on any atom is -0.299 e. The maximum atomic E-state index is 2.54. The van der Waals surface area contributed by atoms with Crippen LogP contribution in [0.5, 0.6) is 0 Å². The van der Waals surface area contributed by atoms with Gasteiger partial charge in [0.1, 0.15) is 0 Å². The van der Waals surface area contributed by atoms with E-state index in [9.17, 15) is 0 Å². The highest BCUT2D eigenvalue weighted by atomic mass is 15.1. The molecule has 84 valence electrons. The van der Waals surface area contributed by atoms with Crippen molar-refractivity contribution in [2.45, 2.75) is 40.2 Å². The van der Waals surface area contributed by atoms with E-state index < -0.39 is 0 Å². The van der Waals surface area contributed by atoms with Gasteiger partial charge in [0, 0.05) is 6.54 Å². The summed E-state index contributed by atoms with van der Waals surface area (Å²) in [4.78, 5) is 2.54. The number of hydrogen-bond acceptors (Lipinski definition) is 1. The predicted octanol–water partition coefficient (Wildman–Crippen LogP) is 3.62. The van der Waals surface area contributed by atoms with Crippen molar-refractivity contribution in [2.24, 2.45) is 0 Å². The molecule has 1 aliphatic heterocycles. The Hall–Kier alpha value is -0.820. The smallest absolute Gasteiger partial charge is 0.0233 e. The molecule has 1 aromatic carbocycles. The van der Waals surface area contributed by atoms with Crippen LogP contribution < -0.4 is 0 Å². The second-order valence-electron chi connectivity index (χ2n) is 3.97. The van der Waals surface area contributed by atoms with E-state index in [1.807, 2.05) is 13.8 Å². The predicted molar refractivity (Wildman–Crippen MR) is 67.0 cm³/mol. The van der Waals surface area contributed by atoms with Crippen molar-refractivity contribution in [1.29, 1.82) is 0 Å². The molecule has 1 fully saturated rings. The fourth-order valence-electron chi connectivity index (χ4n) is 2.01. The molecule has 0 atom stereocenters. The molecule has 0 unspecified atom stereocenters. The van der Waals surface area contributed by atoms with Crippen LogP contribution in [0, 0.1) is 6.92 Å². The Bertz CT molecular complexity index is 274. The molecule has 0 radical (unpaired) electrons. The number of aryl methyl sites for hydroxylation is 1. The highest BCUT2D eigenvalue weighted by Gasteiger charge is 2.11. The number of likely N-dealkylation sites (tertiary alicyclic amines) is 1. The summed E-state index contributed by atoms with van der Waals surface area (Å²) in [6, 6.07) is 8.83. The first-order valence-corrected chi connectivity index (χ1v) is 6.12. The summed E-state index contributed by atoms with van der Waals surface area (Å²) in [6.45, 7) is 9.87. The minimum atomic E-state index is 1.14. The molecular weight excluding hydrogens is 182 g/mol. The SMILES string of the molecule is CC.Cc1cccc(CN2CCCC2)c1. The molecule has 0 spiro atoms. The van der Waals surface area contributed by atoms with Crippen molar-refractivity contribution in [1.82, 2.24) is 4.90 Å². The van der Waals surface area contributed by atoms with Crippen LogP contribution in [-0.2, 0) is 6.54 Å². The van der Waals surface area contributed by atoms with E-state index in [1.165, 1.54) is 37.1 Å². The van der Waals surface area contributed by atoms with E-state index in [0.717, 1.165) is 6.54 Å². The highest BCUT2D eigenvalue weighted by molar-refractivity contribution is 5.22. The molecule has 1 nitrogen and oxygen atoms in total. The number of hydrogen-bond donors (Lipinski definition) is 0. The van der Waals surface area contributed by atoms with Gasteiger partial charge in [-0.05, 0) is 38.4 Å². The third-order valence-electron chi connectivity index (χ3n) is 2.69. The lowest BCUT2D eigenvalue weighted by molar-refractivity contribution is 0.331. The fraction of sp³-hybridized carbons (Fsp3) is 0.571. The molecule has 0 bridgehead atoms. The van der Waals surface area contributed by atoms with Crippen molar-refractivity contribution in [3.05, 3.63) is 35.4 Å². The summed E-state index contributed by atoms with van der Waals surface area (Å²) in [5, 5.41) is 0. The molecule has 1 saturated heterocycles. The first-order chi connectivity index (χ1) is 7.34. The number of rotatable bonds is 2.